The zero-order valence-corrected chi connectivity index (χ0v) is 22.2. The molecule has 6 nitrogen and oxygen atoms in total. The number of hydrogen-bond acceptors (Lipinski definition) is 4. The van der Waals surface area contributed by atoms with Crippen molar-refractivity contribution in [3.8, 4) is 0 Å². The maximum absolute atomic E-state index is 11.4. The second-order valence-electron chi connectivity index (χ2n) is 9.49. The molecule has 2 aromatic carbocycles. The minimum atomic E-state index is -0.404. The Morgan fingerprint density at radius 3 is 2.18 bits per heavy atom. The summed E-state index contributed by atoms with van der Waals surface area (Å²) in [4.78, 5) is 2.51. The standard InChI is InChI=1S/C25H33Br2N4O2/c26-19-1-3-24-22(15-19)23-16-20(27)2-4-25(23)30(24)17-21(32)18-31(10-5-28-6-11-31)12-7-29-8-13-33-14-9-29/h1-4,15-16,21,28,32H,5-14,17-18H2/q+1/t21-/m1/s1. The average Bonchev–Trinajstić information content (AvgIpc) is 3.11. The van der Waals surface area contributed by atoms with E-state index in [1.807, 2.05) is 0 Å². The number of aliphatic hydroxyl groups excluding tert-OH is 1. The normalized spacial score (nSPS) is 20.5. The molecule has 33 heavy (non-hydrogen) atoms. The lowest BCUT2D eigenvalue weighted by Crippen LogP contribution is -2.63. The van der Waals surface area contributed by atoms with E-state index >= 15 is 0 Å². The van der Waals surface area contributed by atoms with Gasteiger partial charge in [-0.15, -0.1) is 0 Å². The third-order valence-corrected chi connectivity index (χ3v) is 8.29. The van der Waals surface area contributed by atoms with Crippen LogP contribution in [-0.4, -0.2) is 97.3 Å². The van der Waals surface area contributed by atoms with Crippen LogP contribution in [0, 0.1) is 0 Å². The molecule has 2 saturated heterocycles. The summed E-state index contributed by atoms with van der Waals surface area (Å²) < 4.78 is 11.0. The van der Waals surface area contributed by atoms with Crippen molar-refractivity contribution in [1.82, 2.24) is 14.8 Å². The van der Waals surface area contributed by atoms with Crippen molar-refractivity contribution in [3.63, 3.8) is 0 Å². The van der Waals surface area contributed by atoms with Crippen molar-refractivity contribution in [2.24, 2.45) is 0 Å². The zero-order chi connectivity index (χ0) is 22.8. The lowest BCUT2D eigenvalue weighted by Gasteiger charge is -2.44. The van der Waals surface area contributed by atoms with Gasteiger partial charge in [0.05, 0.1) is 39.4 Å². The predicted molar refractivity (Wildman–Crippen MR) is 141 cm³/mol. The van der Waals surface area contributed by atoms with Crippen LogP contribution in [0.4, 0.5) is 0 Å². The molecule has 1 aromatic heterocycles. The molecular formula is C25H33Br2N4O2+. The fourth-order valence-electron chi connectivity index (χ4n) is 5.51. The van der Waals surface area contributed by atoms with E-state index in [1.165, 1.54) is 21.8 Å². The number of aromatic nitrogens is 1. The lowest BCUT2D eigenvalue weighted by molar-refractivity contribution is -0.932. The minimum absolute atomic E-state index is 0.404. The molecule has 0 spiro atoms. The minimum Gasteiger partial charge on any atom is -0.385 e. The van der Waals surface area contributed by atoms with Gasteiger partial charge in [-0.2, -0.15) is 0 Å². The largest absolute Gasteiger partial charge is 0.385 e. The molecule has 3 aromatic rings. The average molecular weight is 581 g/mol. The highest BCUT2D eigenvalue weighted by Gasteiger charge is 2.33. The van der Waals surface area contributed by atoms with E-state index in [4.69, 9.17) is 4.74 Å². The highest BCUT2D eigenvalue weighted by Crippen LogP contribution is 2.33. The van der Waals surface area contributed by atoms with Gasteiger partial charge in [0.1, 0.15) is 12.6 Å². The van der Waals surface area contributed by atoms with Crippen LogP contribution in [-0.2, 0) is 11.3 Å². The topological polar surface area (TPSA) is 49.7 Å². The van der Waals surface area contributed by atoms with Gasteiger partial charge in [0, 0.05) is 63.5 Å². The first-order valence-corrected chi connectivity index (χ1v) is 13.5. The summed E-state index contributed by atoms with van der Waals surface area (Å²) in [6, 6.07) is 12.9. The second kappa shape index (κ2) is 10.3. The summed E-state index contributed by atoms with van der Waals surface area (Å²) in [6.45, 7) is 11.5. The predicted octanol–water partition coefficient (Wildman–Crippen LogP) is 3.43. The summed E-state index contributed by atoms with van der Waals surface area (Å²) in [5.41, 5.74) is 2.34. The van der Waals surface area contributed by atoms with E-state index in [0.717, 1.165) is 85.5 Å². The fraction of sp³-hybridized carbons (Fsp3) is 0.520. The molecule has 0 radical (unpaired) electrons. The van der Waals surface area contributed by atoms with Crippen LogP contribution in [0.15, 0.2) is 45.3 Å². The van der Waals surface area contributed by atoms with Gasteiger partial charge in [-0.05, 0) is 36.4 Å². The van der Waals surface area contributed by atoms with E-state index in [0.29, 0.717) is 6.54 Å². The van der Waals surface area contributed by atoms with Gasteiger partial charge < -0.3 is 24.2 Å². The van der Waals surface area contributed by atoms with Crippen molar-refractivity contribution in [1.29, 1.82) is 0 Å². The summed E-state index contributed by atoms with van der Waals surface area (Å²) in [5.74, 6) is 0. The molecule has 0 aliphatic carbocycles. The Morgan fingerprint density at radius 2 is 1.58 bits per heavy atom. The number of nitrogens with zero attached hydrogens (tertiary/aromatic N) is 3. The molecule has 2 N–H and O–H groups in total. The third kappa shape index (κ3) is 5.32. The number of halogens is 2. The van der Waals surface area contributed by atoms with E-state index < -0.39 is 6.10 Å². The number of nitrogens with one attached hydrogen (secondary N) is 1. The number of fused-ring (bicyclic) bond motifs is 3. The van der Waals surface area contributed by atoms with E-state index in [2.05, 4.69) is 83.0 Å². The molecule has 0 unspecified atom stereocenters. The van der Waals surface area contributed by atoms with E-state index in [-0.39, 0.29) is 0 Å². The van der Waals surface area contributed by atoms with Crippen molar-refractivity contribution in [2.75, 3.05) is 72.1 Å². The van der Waals surface area contributed by atoms with E-state index in [1.54, 1.807) is 0 Å². The van der Waals surface area contributed by atoms with Crippen molar-refractivity contribution in [3.05, 3.63) is 45.3 Å². The molecule has 2 aliphatic rings. The molecule has 2 aliphatic heterocycles. The van der Waals surface area contributed by atoms with Crippen LogP contribution in [0.2, 0.25) is 0 Å². The number of piperazine rings is 1. The third-order valence-electron chi connectivity index (χ3n) is 7.30. The van der Waals surface area contributed by atoms with Gasteiger partial charge in [0.2, 0.25) is 0 Å². The molecular weight excluding hydrogens is 548 g/mol. The van der Waals surface area contributed by atoms with Gasteiger partial charge in [0.15, 0.2) is 0 Å². The molecule has 0 saturated carbocycles. The molecule has 0 bridgehead atoms. The first-order chi connectivity index (χ1) is 16.0. The first-order valence-electron chi connectivity index (χ1n) is 11.9. The molecule has 178 valence electrons. The van der Waals surface area contributed by atoms with Gasteiger partial charge in [-0.25, -0.2) is 0 Å². The number of ether oxygens (including phenoxy) is 1. The highest BCUT2D eigenvalue weighted by atomic mass is 79.9. The lowest BCUT2D eigenvalue weighted by atomic mass is 10.2. The van der Waals surface area contributed by atoms with Gasteiger partial charge in [-0.3, -0.25) is 4.90 Å². The maximum atomic E-state index is 11.4. The second-order valence-corrected chi connectivity index (χ2v) is 11.3. The Labute approximate surface area is 212 Å². The van der Waals surface area contributed by atoms with Crippen LogP contribution in [0.25, 0.3) is 21.8 Å². The molecule has 8 heteroatoms. The summed E-state index contributed by atoms with van der Waals surface area (Å²) in [7, 11) is 0. The van der Waals surface area contributed by atoms with Crippen molar-refractivity contribution < 1.29 is 14.3 Å². The Morgan fingerprint density at radius 1 is 0.970 bits per heavy atom. The van der Waals surface area contributed by atoms with Crippen LogP contribution in [0.1, 0.15) is 0 Å². The molecule has 5 rings (SSSR count). The molecule has 1 atom stereocenters. The maximum Gasteiger partial charge on any atom is 0.121 e. The molecule has 0 amide bonds. The van der Waals surface area contributed by atoms with Crippen LogP contribution in [0.5, 0.6) is 0 Å². The number of rotatable bonds is 7. The number of morpholine rings is 1. The first kappa shape index (κ1) is 23.7. The number of aliphatic hydroxyl groups is 1. The van der Waals surface area contributed by atoms with Crippen LogP contribution in [0.3, 0.4) is 0 Å². The Kier molecular flexibility index (Phi) is 7.42. The van der Waals surface area contributed by atoms with Crippen LogP contribution >= 0.6 is 31.9 Å². The summed E-state index contributed by atoms with van der Waals surface area (Å²) in [6.07, 6.45) is -0.404. The number of hydrogen-bond donors (Lipinski definition) is 2. The monoisotopic (exact) mass is 579 g/mol. The van der Waals surface area contributed by atoms with Crippen LogP contribution < -0.4 is 5.32 Å². The van der Waals surface area contributed by atoms with Crippen molar-refractivity contribution in [2.45, 2.75) is 12.6 Å². The van der Waals surface area contributed by atoms with Gasteiger partial charge >= 0.3 is 0 Å². The smallest absolute Gasteiger partial charge is 0.121 e. The van der Waals surface area contributed by atoms with E-state index in [9.17, 15) is 5.11 Å². The summed E-state index contributed by atoms with van der Waals surface area (Å²) >= 11 is 7.26. The van der Waals surface area contributed by atoms with Gasteiger partial charge in [0.25, 0.3) is 0 Å². The quantitative estimate of drug-likeness (QED) is 0.421. The Hall–Kier alpha value is -1.00. The summed E-state index contributed by atoms with van der Waals surface area (Å²) in [5, 5.41) is 17.3. The fourth-order valence-corrected chi connectivity index (χ4v) is 6.23. The zero-order valence-electron chi connectivity index (χ0n) is 19.0. The Bertz CT molecular complexity index is 1050. The number of quaternary nitrogens is 1. The molecule has 2 fully saturated rings. The Balaban J connectivity index is 1.38. The highest BCUT2D eigenvalue weighted by molar-refractivity contribution is 9.10. The van der Waals surface area contributed by atoms with Crippen molar-refractivity contribution >= 4 is 53.7 Å². The SMILES string of the molecule is O[C@H](Cn1c2ccc(Br)cc2c2cc(Br)ccc21)C[N+]1(CCN2CCOCC2)CCNCC1. The van der Waals surface area contributed by atoms with Gasteiger partial charge in [-0.1, -0.05) is 31.9 Å². The molecule has 3 heterocycles. The number of benzene rings is 2.